The summed E-state index contributed by atoms with van der Waals surface area (Å²) in [6.45, 7) is 2.10. The maximum absolute atomic E-state index is 10.2. The number of aliphatic hydroxyl groups is 1. The summed E-state index contributed by atoms with van der Waals surface area (Å²) < 4.78 is 11.3. The summed E-state index contributed by atoms with van der Waals surface area (Å²) in [4.78, 5) is 0. The minimum atomic E-state index is -0.793. The molecule has 2 rings (SSSR count). The molecule has 2 aromatic rings. The Morgan fingerprint density at radius 1 is 1.10 bits per heavy atom. The maximum atomic E-state index is 10.2. The van der Waals surface area contributed by atoms with Gasteiger partial charge in [0.05, 0.1) is 7.11 Å². The van der Waals surface area contributed by atoms with Crippen molar-refractivity contribution >= 4 is 0 Å². The molecule has 4 heteroatoms. The van der Waals surface area contributed by atoms with Crippen LogP contribution in [-0.2, 0) is 0 Å². The Kier molecular flexibility index (Phi) is 5.20. The molecule has 0 saturated carbocycles. The third-order valence-corrected chi connectivity index (χ3v) is 3.29. The largest absolute Gasteiger partial charge is 0.493 e. The van der Waals surface area contributed by atoms with Crippen molar-refractivity contribution in [2.45, 2.75) is 19.1 Å². The zero-order chi connectivity index (χ0) is 15.2. The minimum absolute atomic E-state index is 0.119. The monoisotopic (exact) mass is 287 g/mol. The highest BCUT2D eigenvalue weighted by Crippen LogP contribution is 2.33. The number of rotatable bonds is 6. The lowest BCUT2D eigenvalue weighted by molar-refractivity contribution is 0.0397. The van der Waals surface area contributed by atoms with Crippen LogP contribution in [0.1, 0.15) is 17.2 Å². The van der Waals surface area contributed by atoms with Gasteiger partial charge >= 0.3 is 0 Å². The molecule has 0 aliphatic carbocycles. The van der Waals surface area contributed by atoms with Gasteiger partial charge in [-0.25, -0.2) is 0 Å². The number of nitrogens with two attached hydrogens (primary N) is 1. The van der Waals surface area contributed by atoms with Crippen LogP contribution < -0.4 is 15.2 Å². The second kappa shape index (κ2) is 7.11. The molecule has 2 aromatic carbocycles. The van der Waals surface area contributed by atoms with Gasteiger partial charge < -0.3 is 20.3 Å². The molecule has 112 valence electrons. The van der Waals surface area contributed by atoms with Gasteiger partial charge in [0.2, 0.25) is 0 Å². The second-order valence-corrected chi connectivity index (χ2v) is 4.91. The molecule has 1 unspecified atom stereocenters. The van der Waals surface area contributed by atoms with Gasteiger partial charge in [-0.15, -0.1) is 0 Å². The summed E-state index contributed by atoms with van der Waals surface area (Å²) in [6, 6.07) is 15.2. The van der Waals surface area contributed by atoms with Crippen molar-refractivity contribution in [2.75, 3.05) is 13.7 Å². The van der Waals surface area contributed by atoms with E-state index in [1.807, 2.05) is 55.5 Å². The first kappa shape index (κ1) is 15.4. The van der Waals surface area contributed by atoms with Crippen LogP contribution in [0.2, 0.25) is 0 Å². The Balaban J connectivity index is 2.32. The van der Waals surface area contributed by atoms with E-state index in [-0.39, 0.29) is 6.54 Å². The number of benzene rings is 2. The topological polar surface area (TPSA) is 64.7 Å². The van der Waals surface area contributed by atoms with E-state index in [0.29, 0.717) is 11.5 Å². The van der Waals surface area contributed by atoms with Crippen molar-refractivity contribution in [1.82, 2.24) is 0 Å². The number of methoxy groups -OCH3 is 1. The fraction of sp³-hybridized carbons (Fsp3) is 0.294. The minimum Gasteiger partial charge on any atom is -0.493 e. The summed E-state index contributed by atoms with van der Waals surface area (Å²) in [5, 5.41) is 10.2. The molecule has 0 fully saturated rings. The Bertz CT molecular complexity index is 572. The van der Waals surface area contributed by atoms with Crippen molar-refractivity contribution in [3.05, 3.63) is 59.7 Å². The van der Waals surface area contributed by atoms with E-state index in [9.17, 15) is 5.11 Å². The lowest BCUT2D eigenvalue weighted by atomic mass is 10.0. The standard InChI is InChI=1S/C17H21NO3/c1-12-8-9-15(16(10-12)20-2)21-17(14(19)11-18)13-6-4-3-5-7-13/h3-10,14,17,19H,11,18H2,1-2H3/t14?,17-/m1/s1. The van der Waals surface area contributed by atoms with Crippen molar-refractivity contribution in [3.63, 3.8) is 0 Å². The van der Waals surface area contributed by atoms with Gasteiger partial charge in [-0.1, -0.05) is 36.4 Å². The molecule has 4 nitrogen and oxygen atoms in total. The van der Waals surface area contributed by atoms with E-state index >= 15 is 0 Å². The van der Waals surface area contributed by atoms with E-state index in [2.05, 4.69) is 0 Å². The first-order chi connectivity index (χ1) is 10.2. The molecule has 0 heterocycles. The maximum Gasteiger partial charge on any atom is 0.162 e. The SMILES string of the molecule is COc1cc(C)ccc1O[C@H](c1ccccc1)C(O)CN. The van der Waals surface area contributed by atoms with Crippen LogP contribution in [0.3, 0.4) is 0 Å². The Morgan fingerprint density at radius 3 is 2.43 bits per heavy atom. The second-order valence-electron chi connectivity index (χ2n) is 4.91. The first-order valence-electron chi connectivity index (χ1n) is 6.90. The Hall–Kier alpha value is -2.04. The number of hydrogen-bond acceptors (Lipinski definition) is 4. The fourth-order valence-corrected chi connectivity index (χ4v) is 2.14. The summed E-state index contributed by atoms with van der Waals surface area (Å²) in [5.41, 5.74) is 7.55. The number of aryl methyl sites for hydroxylation is 1. The van der Waals surface area contributed by atoms with E-state index in [1.165, 1.54) is 0 Å². The van der Waals surface area contributed by atoms with Crippen molar-refractivity contribution in [3.8, 4) is 11.5 Å². The molecule has 0 radical (unpaired) electrons. The van der Waals surface area contributed by atoms with Crippen molar-refractivity contribution in [1.29, 1.82) is 0 Å². The smallest absolute Gasteiger partial charge is 0.162 e. The van der Waals surface area contributed by atoms with Crippen LogP contribution in [0.25, 0.3) is 0 Å². The predicted molar refractivity (Wildman–Crippen MR) is 82.6 cm³/mol. The van der Waals surface area contributed by atoms with Gasteiger partial charge in [0.1, 0.15) is 6.10 Å². The van der Waals surface area contributed by atoms with Crippen LogP contribution in [0.15, 0.2) is 48.5 Å². The average molecular weight is 287 g/mol. The van der Waals surface area contributed by atoms with Crippen LogP contribution in [-0.4, -0.2) is 24.9 Å². The van der Waals surface area contributed by atoms with Gasteiger partial charge in [-0.2, -0.15) is 0 Å². The lowest BCUT2D eigenvalue weighted by Crippen LogP contribution is -2.31. The highest BCUT2D eigenvalue weighted by Gasteiger charge is 2.23. The van der Waals surface area contributed by atoms with E-state index in [1.54, 1.807) is 7.11 Å². The molecule has 0 bridgehead atoms. The number of ether oxygens (including phenoxy) is 2. The third-order valence-electron chi connectivity index (χ3n) is 3.29. The van der Waals surface area contributed by atoms with Gasteiger partial charge in [0.15, 0.2) is 17.6 Å². The van der Waals surface area contributed by atoms with Gasteiger partial charge in [0, 0.05) is 6.54 Å². The van der Waals surface area contributed by atoms with Crippen molar-refractivity contribution in [2.24, 2.45) is 5.73 Å². The molecule has 0 amide bonds. The van der Waals surface area contributed by atoms with Gasteiger partial charge in [-0.05, 0) is 30.2 Å². The molecular weight excluding hydrogens is 266 g/mol. The van der Waals surface area contributed by atoms with E-state index in [0.717, 1.165) is 11.1 Å². The number of hydrogen-bond donors (Lipinski definition) is 2. The van der Waals surface area contributed by atoms with E-state index in [4.69, 9.17) is 15.2 Å². The zero-order valence-electron chi connectivity index (χ0n) is 12.3. The molecule has 0 aliphatic heterocycles. The molecule has 0 aromatic heterocycles. The lowest BCUT2D eigenvalue weighted by Gasteiger charge is -2.24. The van der Waals surface area contributed by atoms with Crippen LogP contribution in [0, 0.1) is 6.92 Å². The molecule has 0 aliphatic rings. The number of aliphatic hydroxyl groups excluding tert-OH is 1. The molecule has 21 heavy (non-hydrogen) atoms. The quantitative estimate of drug-likeness (QED) is 0.856. The Labute approximate surface area is 125 Å². The molecular formula is C17H21NO3. The zero-order valence-corrected chi connectivity index (χ0v) is 12.3. The normalized spacial score (nSPS) is 13.5. The predicted octanol–water partition coefficient (Wildman–Crippen LogP) is 2.44. The third kappa shape index (κ3) is 3.74. The Morgan fingerprint density at radius 2 is 1.81 bits per heavy atom. The summed E-state index contributed by atoms with van der Waals surface area (Å²) in [7, 11) is 1.60. The molecule has 2 atom stereocenters. The molecule has 0 spiro atoms. The average Bonchev–Trinajstić information content (AvgIpc) is 2.53. The summed E-state index contributed by atoms with van der Waals surface area (Å²) >= 11 is 0. The molecule has 3 N–H and O–H groups in total. The summed E-state index contributed by atoms with van der Waals surface area (Å²) in [6.07, 6.45) is -1.33. The molecule has 0 saturated heterocycles. The fourth-order valence-electron chi connectivity index (χ4n) is 2.14. The van der Waals surface area contributed by atoms with Crippen LogP contribution in [0.4, 0.5) is 0 Å². The van der Waals surface area contributed by atoms with Gasteiger partial charge in [0.25, 0.3) is 0 Å². The summed E-state index contributed by atoms with van der Waals surface area (Å²) in [5.74, 6) is 1.23. The highest BCUT2D eigenvalue weighted by atomic mass is 16.5. The van der Waals surface area contributed by atoms with Crippen LogP contribution in [0.5, 0.6) is 11.5 Å². The van der Waals surface area contributed by atoms with Crippen LogP contribution >= 0.6 is 0 Å². The van der Waals surface area contributed by atoms with Gasteiger partial charge in [-0.3, -0.25) is 0 Å². The first-order valence-corrected chi connectivity index (χ1v) is 6.90. The highest BCUT2D eigenvalue weighted by molar-refractivity contribution is 5.43. The van der Waals surface area contributed by atoms with E-state index < -0.39 is 12.2 Å². The van der Waals surface area contributed by atoms with Crippen molar-refractivity contribution < 1.29 is 14.6 Å².